The van der Waals surface area contributed by atoms with Gasteiger partial charge in [-0.3, -0.25) is 4.98 Å². The Morgan fingerprint density at radius 1 is 1.16 bits per heavy atom. The van der Waals surface area contributed by atoms with Crippen LogP contribution >= 0.6 is 0 Å². The molecule has 19 heavy (non-hydrogen) atoms. The number of pyridine rings is 1. The predicted molar refractivity (Wildman–Crippen MR) is 69.3 cm³/mol. The predicted octanol–water partition coefficient (Wildman–Crippen LogP) is 2.40. The van der Waals surface area contributed by atoms with E-state index in [-0.39, 0.29) is 0 Å². The molecule has 0 radical (unpaired) electrons. The summed E-state index contributed by atoms with van der Waals surface area (Å²) in [6, 6.07) is 3.74. The van der Waals surface area contributed by atoms with Crippen LogP contribution in [0.3, 0.4) is 0 Å². The highest BCUT2D eigenvalue weighted by atomic mass is 16.5. The van der Waals surface area contributed by atoms with Gasteiger partial charge in [-0.2, -0.15) is 4.98 Å². The van der Waals surface area contributed by atoms with Crippen molar-refractivity contribution in [2.75, 3.05) is 6.61 Å². The Morgan fingerprint density at radius 3 is 2.58 bits per heavy atom. The molecule has 1 N–H and O–H groups in total. The molecule has 2 aromatic heterocycles. The Kier molecular flexibility index (Phi) is 3.55. The topological polar surface area (TPSA) is 72.0 Å². The maximum atomic E-state index is 9.14. The molecule has 0 amide bonds. The Hall–Kier alpha value is -1.75. The number of aromatic nitrogens is 3. The fraction of sp³-hybridized carbons (Fsp3) is 0.500. The molecule has 0 saturated heterocycles. The minimum atomic E-state index is 0.290. The molecule has 1 saturated carbocycles. The number of hydrogen-bond acceptors (Lipinski definition) is 5. The van der Waals surface area contributed by atoms with Gasteiger partial charge in [0.2, 0.25) is 11.7 Å². The van der Waals surface area contributed by atoms with Crippen LogP contribution in [0.25, 0.3) is 11.4 Å². The van der Waals surface area contributed by atoms with Crippen molar-refractivity contribution >= 4 is 0 Å². The van der Waals surface area contributed by atoms with Crippen LogP contribution in [0.5, 0.6) is 0 Å². The van der Waals surface area contributed by atoms with Crippen LogP contribution in [0.15, 0.2) is 29.0 Å². The minimum Gasteiger partial charge on any atom is -0.396 e. The highest BCUT2D eigenvalue weighted by Gasteiger charge is 2.26. The molecule has 0 atom stereocenters. The Balaban J connectivity index is 1.72. The summed E-state index contributed by atoms with van der Waals surface area (Å²) in [4.78, 5) is 8.46. The Morgan fingerprint density at radius 2 is 1.89 bits per heavy atom. The second-order valence-corrected chi connectivity index (χ2v) is 5.09. The van der Waals surface area contributed by atoms with Crippen LogP contribution in [0.1, 0.15) is 37.5 Å². The second-order valence-electron chi connectivity index (χ2n) is 5.09. The number of nitrogens with zero attached hydrogens (tertiary/aromatic N) is 3. The highest BCUT2D eigenvalue weighted by molar-refractivity contribution is 5.52. The molecule has 0 spiro atoms. The third kappa shape index (κ3) is 2.66. The van der Waals surface area contributed by atoms with Crippen molar-refractivity contribution in [3.05, 3.63) is 30.4 Å². The molecule has 5 heteroatoms. The molecule has 0 aromatic carbocycles. The van der Waals surface area contributed by atoms with Gasteiger partial charge in [-0.1, -0.05) is 5.16 Å². The quantitative estimate of drug-likeness (QED) is 0.916. The van der Waals surface area contributed by atoms with Crippen molar-refractivity contribution in [3.63, 3.8) is 0 Å². The van der Waals surface area contributed by atoms with E-state index >= 15 is 0 Å². The van der Waals surface area contributed by atoms with Crippen molar-refractivity contribution in [1.29, 1.82) is 0 Å². The zero-order chi connectivity index (χ0) is 13.1. The lowest BCUT2D eigenvalue weighted by molar-refractivity contribution is 0.174. The van der Waals surface area contributed by atoms with Crippen LogP contribution in [0, 0.1) is 5.92 Å². The van der Waals surface area contributed by atoms with E-state index in [2.05, 4.69) is 15.1 Å². The fourth-order valence-corrected chi connectivity index (χ4v) is 2.61. The molecule has 1 aliphatic carbocycles. The number of rotatable bonds is 3. The van der Waals surface area contributed by atoms with E-state index in [9.17, 15) is 0 Å². The SMILES string of the molecule is OC[C@H]1CC[C@H](c2nc(-c3ccncc3)no2)CC1. The summed E-state index contributed by atoms with van der Waals surface area (Å²) in [5, 5.41) is 13.2. The van der Waals surface area contributed by atoms with Crippen LogP contribution in [-0.4, -0.2) is 26.8 Å². The summed E-state index contributed by atoms with van der Waals surface area (Å²) in [6.07, 6.45) is 7.55. The average Bonchev–Trinajstić information content (AvgIpc) is 2.98. The standard InChI is InChI=1S/C14H17N3O2/c18-9-10-1-3-12(4-2-10)14-16-13(17-19-14)11-5-7-15-8-6-11/h5-8,10,12,18H,1-4,9H2/t10-,12-. The smallest absolute Gasteiger partial charge is 0.230 e. The van der Waals surface area contributed by atoms with Gasteiger partial charge in [0.25, 0.3) is 0 Å². The fourth-order valence-electron chi connectivity index (χ4n) is 2.61. The summed E-state index contributed by atoms with van der Waals surface area (Å²) in [5.74, 6) is 2.13. The molecule has 0 aliphatic heterocycles. The van der Waals surface area contributed by atoms with Crippen LogP contribution < -0.4 is 0 Å². The third-order valence-corrected chi connectivity index (χ3v) is 3.83. The summed E-state index contributed by atoms with van der Waals surface area (Å²) in [6.45, 7) is 0.290. The maximum Gasteiger partial charge on any atom is 0.230 e. The van der Waals surface area contributed by atoms with Gasteiger partial charge in [0.15, 0.2) is 0 Å². The largest absolute Gasteiger partial charge is 0.396 e. The molecule has 3 rings (SSSR count). The van der Waals surface area contributed by atoms with Crippen molar-refractivity contribution in [2.24, 2.45) is 5.92 Å². The lowest BCUT2D eigenvalue weighted by atomic mass is 9.82. The van der Waals surface area contributed by atoms with E-state index in [0.717, 1.165) is 37.1 Å². The van der Waals surface area contributed by atoms with Crippen LogP contribution in [0.2, 0.25) is 0 Å². The maximum absolute atomic E-state index is 9.14. The first kappa shape index (κ1) is 12.3. The van der Waals surface area contributed by atoms with E-state index in [4.69, 9.17) is 9.63 Å². The first-order valence-electron chi connectivity index (χ1n) is 6.71. The third-order valence-electron chi connectivity index (χ3n) is 3.83. The number of aliphatic hydroxyl groups excluding tert-OH is 1. The molecule has 100 valence electrons. The summed E-state index contributed by atoms with van der Waals surface area (Å²) in [7, 11) is 0. The summed E-state index contributed by atoms with van der Waals surface area (Å²) >= 11 is 0. The molecule has 2 heterocycles. The molecular formula is C14H17N3O2. The van der Waals surface area contributed by atoms with Crippen molar-refractivity contribution in [1.82, 2.24) is 15.1 Å². The van der Waals surface area contributed by atoms with Crippen molar-refractivity contribution < 1.29 is 9.63 Å². The van der Waals surface area contributed by atoms with Gasteiger partial charge < -0.3 is 9.63 Å². The number of hydrogen-bond donors (Lipinski definition) is 1. The molecule has 1 fully saturated rings. The minimum absolute atomic E-state index is 0.290. The molecule has 0 bridgehead atoms. The number of aliphatic hydroxyl groups is 1. The zero-order valence-corrected chi connectivity index (χ0v) is 10.7. The Bertz CT molecular complexity index is 518. The lowest BCUT2D eigenvalue weighted by Crippen LogP contribution is -2.16. The monoisotopic (exact) mass is 259 g/mol. The first-order chi connectivity index (χ1) is 9.36. The second kappa shape index (κ2) is 5.48. The van der Waals surface area contributed by atoms with Gasteiger partial charge in [0.05, 0.1) is 0 Å². The van der Waals surface area contributed by atoms with E-state index < -0.39 is 0 Å². The average molecular weight is 259 g/mol. The normalized spacial score (nSPS) is 23.4. The van der Waals surface area contributed by atoms with E-state index in [1.807, 2.05) is 12.1 Å². The lowest BCUT2D eigenvalue weighted by Gasteiger charge is -2.24. The first-order valence-corrected chi connectivity index (χ1v) is 6.71. The van der Waals surface area contributed by atoms with E-state index in [0.29, 0.717) is 24.3 Å². The van der Waals surface area contributed by atoms with Crippen LogP contribution in [-0.2, 0) is 0 Å². The summed E-state index contributed by atoms with van der Waals surface area (Å²) in [5.41, 5.74) is 0.925. The van der Waals surface area contributed by atoms with Gasteiger partial charge in [0.1, 0.15) is 0 Å². The molecule has 5 nitrogen and oxygen atoms in total. The molecule has 2 aromatic rings. The van der Waals surface area contributed by atoms with Gasteiger partial charge in [-0.15, -0.1) is 0 Å². The van der Waals surface area contributed by atoms with Gasteiger partial charge in [-0.05, 0) is 43.7 Å². The summed E-state index contributed by atoms with van der Waals surface area (Å²) < 4.78 is 5.38. The van der Waals surface area contributed by atoms with E-state index in [1.165, 1.54) is 0 Å². The van der Waals surface area contributed by atoms with Crippen LogP contribution in [0.4, 0.5) is 0 Å². The van der Waals surface area contributed by atoms with Crippen molar-refractivity contribution in [3.8, 4) is 11.4 Å². The van der Waals surface area contributed by atoms with Crippen molar-refractivity contribution in [2.45, 2.75) is 31.6 Å². The van der Waals surface area contributed by atoms with Gasteiger partial charge in [0, 0.05) is 30.5 Å². The van der Waals surface area contributed by atoms with Gasteiger partial charge in [-0.25, -0.2) is 0 Å². The Labute approximate surface area is 111 Å². The van der Waals surface area contributed by atoms with Gasteiger partial charge >= 0.3 is 0 Å². The molecule has 1 aliphatic rings. The zero-order valence-electron chi connectivity index (χ0n) is 10.7. The molecular weight excluding hydrogens is 242 g/mol. The molecule has 0 unspecified atom stereocenters. The highest BCUT2D eigenvalue weighted by Crippen LogP contribution is 2.35. The van der Waals surface area contributed by atoms with E-state index in [1.54, 1.807) is 12.4 Å².